The Kier molecular flexibility index (Phi) is 9.30. The van der Waals surface area contributed by atoms with Gasteiger partial charge in [0, 0.05) is 28.5 Å². The summed E-state index contributed by atoms with van der Waals surface area (Å²) in [5.41, 5.74) is 9.36. The zero-order valence-corrected chi connectivity index (χ0v) is 19.5. The molecule has 0 atom stereocenters. The fourth-order valence-corrected chi connectivity index (χ4v) is 2.96. The quantitative estimate of drug-likeness (QED) is 0.213. The monoisotopic (exact) mass is 449 g/mol. The summed E-state index contributed by atoms with van der Waals surface area (Å²) in [5.74, 6) is 5.76. The van der Waals surface area contributed by atoms with Gasteiger partial charge < -0.3 is 26.0 Å². The van der Waals surface area contributed by atoms with Crippen LogP contribution in [0.2, 0.25) is 0 Å². The van der Waals surface area contributed by atoms with Gasteiger partial charge in [0.05, 0.1) is 13.2 Å². The van der Waals surface area contributed by atoms with Crippen LogP contribution in [-0.2, 0) is 9.53 Å². The highest BCUT2D eigenvalue weighted by molar-refractivity contribution is 5.95. The highest BCUT2D eigenvalue weighted by Crippen LogP contribution is 2.17. The second-order valence-electron chi connectivity index (χ2n) is 7.63. The molecular formula is C25H31N5O3. The van der Waals surface area contributed by atoms with Crippen LogP contribution in [0, 0.1) is 24.2 Å². The number of hydrogen-bond acceptors (Lipinski definition) is 5. The van der Waals surface area contributed by atoms with Gasteiger partial charge in [0.1, 0.15) is 12.4 Å². The largest absolute Gasteiger partial charge is 0.465 e. The molecule has 2 rings (SSSR count). The number of carbonyl (C=O) groups excluding carboxylic acids is 2. The number of nitrogens with one attached hydrogen (secondary N) is 3. The van der Waals surface area contributed by atoms with Crippen LogP contribution in [0.4, 0.5) is 16.2 Å². The Bertz CT molecular complexity index is 1050. The molecule has 0 saturated heterocycles. The van der Waals surface area contributed by atoms with Crippen molar-refractivity contribution < 1.29 is 14.3 Å². The molecule has 2 aromatic carbocycles. The number of ether oxygens (including phenoxy) is 1. The molecule has 0 unspecified atom stereocenters. The summed E-state index contributed by atoms with van der Waals surface area (Å²) in [6.45, 7) is 7.93. The van der Waals surface area contributed by atoms with E-state index >= 15 is 0 Å². The molecule has 0 aliphatic heterocycles. The number of rotatable bonds is 8. The first-order valence-electron chi connectivity index (χ1n) is 10.7. The minimum Gasteiger partial charge on any atom is -0.465 e. The van der Waals surface area contributed by atoms with Gasteiger partial charge in [-0.1, -0.05) is 11.8 Å². The second-order valence-corrected chi connectivity index (χ2v) is 7.63. The molecule has 0 saturated carbocycles. The number of urea groups is 1. The van der Waals surface area contributed by atoms with Crippen molar-refractivity contribution in [1.82, 2.24) is 4.90 Å². The Morgan fingerprint density at radius 1 is 1.18 bits per heavy atom. The maximum Gasteiger partial charge on any atom is 0.325 e. The minimum atomic E-state index is -0.438. The van der Waals surface area contributed by atoms with Gasteiger partial charge in [-0.05, 0) is 75.7 Å². The normalized spacial score (nSPS) is 10.1. The lowest BCUT2D eigenvalue weighted by Gasteiger charge is -2.26. The third kappa shape index (κ3) is 7.89. The zero-order valence-electron chi connectivity index (χ0n) is 19.5. The van der Waals surface area contributed by atoms with E-state index in [2.05, 4.69) is 22.5 Å². The number of nitrogens with two attached hydrogens (primary N) is 1. The van der Waals surface area contributed by atoms with Gasteiger partial charge in [-0.25, -0.2) is 4.79 Å². The Morgan fingerprint density at radius 2 is 1.88 bits per heavy atom. The molecule has 33 heavy (non-hydrogen) atoms. The van der Waals surface area contributed by atoms with Crippen molar-refractivity contribution >= 4 is 29.2 Å². The molecule has 0 aromatic heterocycles. The average Bonchev–Trinajstić information content (AvgIpc) is 2.77. The number of amides is 2. The smallest absolute Gasteiger partial charge is 0.325 e. The van der Waals surface area contributed by atoms with Gasteiger partial charge >= 0.3 is 12.0 Å². The Balaban J connectivity index is 1.97. The van der Waals surface area contributed by atoms with E-state index in [1.165, 1.54) is 4.90 Å². The summed E-state index contributed by atoms with van der Waals surface area (Å²) in [5, 5.41) is 13.5. The van der Waals surface area contributed by atoms with Crippen LogP contribution >= 0.6 is 0 Å². The molecular weight excluding hydrogens is 418 g/mol. The fourth-order valence-electron chi connectivity index (χ4n) is 2.96. The second kappa shape index (κ2) is 12.2. The topological polar surface area (TPSA) is 121 Å². The first kappa shape index (κ1) is 25.3. The van der Waals surface area contributed by atoms with Gasteiger partial charge in [0.2, 0.25) is 0 Å². The summed E-state index contributed by atoms with van der Waals surface area (Å²) >= 11 is 0. The van der Waals surface area contributed by atoms with E-state index in [9.17, 15) is 9.59 Å². The highest BCUT2D eigenvalue weighted by Gasteiger charge is 2.21. The van der Waals surface area contributed by atoms with E-state index in [0.717, 1.165) is 16.8 Å². The molecule has 0 fully saturated rings. The van der Waals surface area contributed by atoms with Gasteiger partial charge in [0.15, 0.2) is 0 Å². The standard InChI is InChI=1S/C25H31N5O3/c1-5-33-23(31)16-30(17(2)3)25(32)29-22-13-8-19(15-18(22)4)7-6-14-28-21-11-9-20(10-12-21)24(26)27/h8-13,15,17,28H,5,14,16H2,1-4H3,(H3,26,27)(H,29,32). The number of hydrogen-bond donors (Lipinski definition) is 4. The van der Waals surface area contributed by atoms with E-state index in [1.807, 2.05) is 45.0 Å². The lowest BCUT2D eigenvalue weighted by atomic mass is 10.1. The number of esters is 1. The first-order valence-corrected chi connectivity index (χ1v) is 10.7. The number of carbonyl (C=O) groups is 2. The van der Waals surface area contributed by atoms with Crippen molar-refractivity contribution in [2.24, 2.45) is 5.73 Å². The molecule has 5 N–H and O–H groups in total. The van der Waals surface area contributed by atoms with Crippen LogP contribution < -0.4 is 16.4 Å². The third-order valence-electron chi connectivity index (χ3n) is 4.77. The molecule has 0 bridgehead atoms. The van der Waals surface area contributed by atoms with E-state index in [1.54, 1.807) is 25.1 Å². The Morgan fingerprint density at radius 3 is 2.45 bits per heavy atom. The van der Waals surface area contributed by atoms with Crippen molar-refractivity contribution in [3.8, 4) is 11.8 Å². The van der Waals surface area contributed by atoms with Crippen molar-refractivity contribution in [1.29, 1.82) is 5.41 Å². The van der Waals surface area contributed by atoms with E-state index in [0.29, 0.717) is 17.8 Å². The van der Waals surface area contributed by atoms with Crippen molar-refractivity contribution in [2.45, 2.75) is 33.7 Å². The minimum absolute atomic E-state index is 0.0345. The molecule has 174 valence electrons. The number of nitrogen functional groups attached to an aromatic ring is 1. The van der Waals surface area contributed by atoms with E-state index < -0.39 is 5.97 Å². The van der Waals surface area contributed by atoms with Crippen molar-refractivity contribution in [2.75, 3.05) is 30.3 Å². The number of amidine groups is 1. The van der Waals surface area contributed by atoms with Crippen LogP contribution in [0.25, 0.3) is 0 Å². The lowest BCUT2D eigenvalue weighted by Crippen LogP contribution is -2.43. The zero-order chi connectivity index (χ0) is 24.4. The molecule has 2 aromatic rings. The molecule has 0 spiro atoms. The molecule has 8 nitrogen and oxygen atoms in total. The maximum atomic E-state index is 12.7. The van der Waals surface area contributed by atoms with Crippen molar-refractivity contribution in [3.05, 3.63) is 59.2 Å². The van der Waals surface area contributed by atoms with Gasteiger partial charge in [-0.2, -0.15) is 0 Å². The Hall–Kier alpha value is -3.99. The molecule has 2 amide bonds. The number of nitrogens with zero attached hydrogens (tertiary/aromatic N) is 1. The third-order valence-corrected chi connectivity index (χ3v) is 4.77. The number of benzene rings is 2. The predicted molar refractivity (Wildman–Crippen MR) is 131 cm³/mol. The maximum absolute atomic E-state index is 12.7. The molecule has 0 aliphatic rings. The summed E-state index contributed by atoms with van der Waals surface area (Å²) in [4.78, 5) is 25.9. The lowest BCUT2D eigenvalue weighted by molar-refractivity contribution is -0.144. The van der Waals surface area contributed by atoms with Crippen LogP contribution in [0.1, 0.15) is 37.5 Å². The van der Waals surface area contributed by atoms with Gasteiger partial charge in [0.25, 0.3) is 0 Å². The summed E-state index contributed by atoms with van der Waals surface area (Å²) in [6.07, 6.45) is 0. The van der Waals surface area contributed by atoms with Crippen LogP contribution in [-0.4, -0.2) is 48.5 Å². The summed E-state index contributed by atoms with van der Waals surface area (Å²) < 4.78 is 4.96. The van der Waals surface area contributed by atoms with Crippen molar-refractivity contribution in [3.63, 3.8) is 0 Å². The summed E-state index contributed by atoms with van der Waals surface area (Å²) in [7, 11) is 0. The number of aryl methyl sites for hydroxylation is 1. The first-order chi connectivity index (χ1) is 15.7. The highest BCUT2D eigenvalue weighted by atomic mass is 16.5. The van der Waals surface area contributed by atoms with Gasteiger partial charge in [-0.3, -0.25) is 10.2 Å². The SMILES string of the molecule is CCOC(=O)CN(C(=O)Nc1ccc(C#CCNc2ccc(C(=N)N)cc2)cc1C)C(C)C. The summed E-state index contributed by atoms with van der Waals surface area (Å²) in [6, 6.07) is 12.3. The van der Waals surface area contributed by atoms with Gasteiger partial charge in [-0.15, -0.1) is 0 Å². The van der Waals surface area contributed by atoms with Crippen LogP contribution in [0.5, 0.6) is 0 Å². The fraction of sp³-hybridized carbons (Fsp3) is 0.320. The van der Waals surface area contributed by atoms with Crippen LogP contribution in [0.3, 0.4) is 0 Å². The molecule has 0 radical (unpaired) electrons. The molecule has 0 heterocycles. The molecule has 0 aliphatic carbocycles. The van der Waals surface area contributed by atoms with Crippen LogP contribution in [0.15, 0.2) is 42.5 Å². The molecule has 8 heteroatoms. The van der Waals surface area contributed by atoms with E-state index in [-0.39, 0.29) is 31.1 Å². The van der Waals surface area contributed by atoms with E-state index in [4.69, 9.17) is 15.9 Å². The average molecular weight is 450 g/mol. The Labute approximate surface area is 195 Å². The predicted octanol–water partition coefficient (Wildman–Crippen LogP) is 3.55. The number of anilines is 2.